The Hall–Kier alpha value is -2.90. The molecule has 27 heavy (non-hydrogen) atoms. The zero-order valence-electron chi connectivity index (χ0n) is 15.8. The van der Waals surface area contributed by atoms with Crippen LogP contribution in [0, 0.1) is 5.82 Å². The molecule has 7 nitrogen and oxygen atoms in total. The number of aromatic nitrogens is 2. The highest BCUT2D eigenvalue weighted by atomic mass is 19.1. The SMILES string of the molecule is COc1ccc(C(=O)Nc2cnc(N3CCCCC3)nc2N(C)C)cc1F. The Morgan fingerprint density at radius 3 is 2.63 bits per heavy atom. The minimum absolute atomic E-state index is 0.0924. The van der Waals surface area contributed by atoms with E-state index in [1.807, 2.05) is 19.0 Å². The first kappa shape index (κ1) is 18.9. The van der Waals surface area contributed by atoms with Gasteiger partial charge in [-0.25, -0.2) is 9.37 Å². The normalized spacial score (nSPS) is 14.0. The van der Waals surface area contributed by atoms with Gasteiger partial charge in [-0.2, -0.15) is 4.98 Å². The number of nitrogens with one attached hydrogen (secondary N) is 1. The minimum atomic E-state index is -0.588. The van der Waals surface area contributed by atoms with E-state index in [9.17, 15) is 9.18 Å². The second kappa shape index (κ2) is 8.20. The smallest absolute Gasteiger partial charge is 0.255 e. The summed E-state index contributed by atoms with van der Waals surface area (Å²) in [4.78, 5) is 25.5. The molecular formula is C19H24FN5O2. The van der Waals surface area contributed by atoms with Crippen LogP contribution in [0.4, 0.5) is 21.8 Å². The number of carbonyl (C=O) groups is 1. The van der Waals surface area contributed by atoms with Gasteiger partial charge in [0.15, 0.2) is 17.4 Å². The summed E-state index contributed by atoms with van der Waals surface area (Å²) in [6.07, 6.45) is 5.08. The van der Waals surface area contributed by atoms with Crippen LogP contribution < -0.4 is 19.9 Å². The predicted octanol–water partition coefficient (Wildman–Crippen LogP) is 2.93. The maximum Gasteiger partial charge on any atom is 0.255 e. The van der Waals surface area contributed by atoms with Crippen molar-refractivity contribution in [1.82, 2.24) is 9.97 Å². The average molecular weight is 373 g/mol. The van der Waals surface area contributed by atoms with Gasteiger partial charge in [-0.15, -0.1) is 0 Å². The molecule has 0 bridgehead atoms. The monoisotopic (exact) mass is 373 g/mol. The molecule has 3 rings (SSSR count). The van der Waals surface area contributed by atoms with Crippen LogP contribution in [0.3, 0.4) is 0 Å². The molecule has 0 spiro atoms. The Morgan fingerprint density at radius 2 is 2.00 bits per heavy atom. The zero-order chi connectivity index (χ0) is 19.4. The molecule has 2 aromatic rings. The van der Waals surface area contributed by atoms with E-state index in [1.54, 1.807) is 6.20 Å². The second-order valence-electron chi connectivity index (χ2n) is 6.65. The fourth-order valence-corrected chi connectivity index (χ4v) is 3.04. The molecule has 1 fully saturated rings. The van der Waals surface area contributed by atoms with Crippen LogP contribution in [0.25, 0.3) is 0 Å². The number of halogens is 1. The van der Waals surface area contributed by atoms with Crippen LogP contribution in [0.5, 0.6) is 5.75 Å². The van der Waals surface area contributed by atoms with E-state index >= 15 is 0 Å². The third-order valence-electron chi connectivity index (χ3n) is 4.48. The number of nitrogens with zero attached hydrogens (tertiary/aromatic N) is 4. The first-order valence-electron chi connectivity index (χ1n) is 8.94. The molecule has 0 atom stereocenters. The van der Waals surface area contributed by atoms with E-state index in [0.29, 0.717) is 17.5 Å². The van der Waals surface area contributed by atoms with Crippen LogP contribution >= 0.6 is 0 Å². The Labute approximate surface area is 158 Å². The molecule has 144 valence electrons. The van der Waals surface area contributed by atoms with Gasteiger partial charge in [-0.3, -0.25) is 4.79 Å². The summed E-state index contributed by atoms with van der Waals surface area (Å²) < 4.78 is 18.8. The number of carbonyl (C=O) groups excluding carboxylic acids is 1. The lowest BCUT2D eigenvalue weighted by Gasteiger charge is -2.28. The summed E-state index contributed by atoms with van der Waals surface area (Å²) in [6, 6.07) is 4.08. The quantitative estimate of drug-likeness (QED) is 0.869. The van der Waals surface area contributed by atoms with E-state index in [2.05, 4.69) is 20.2 Å². The van der Waals surface area contributed by atoms with E-state index in [4.69, 9.17) is 4.74 Å². The van der Waals surface area contributed by atoms with Crippen molar-refractivity contribution in [2.24, 2.45) is 0 Å². The molecule has 8 heteroatoms. The third kappa shape index (κ3) is 4.27. The van der Waals surface area contributed by atoms with E-state index in [1.165, 1.54) is 25.7 Å². The number of benzene rings is 1. The average Bonchev–Trinajstić information content (AvgIpc) is 2.68. The van der Waals surface area contributed by atoms with Crippen molar-refractivity contribution >= 4 is 23.4 Å². The fourth-order valence-electron chi connectivity index (χ4n) is 3.04. The molecule has 0 radical (unpaired) electrons. The minimum Gasteiger partial charge on any atom is -0.494 e. The topological polar surface area (TPSA) is 70.6 Å². The molecule has 1 aliphatic heterocycles. The van der Waals surface area contributed by atoms with E-state index in [-0.39, 0.29) is 11.3 Å². The van der Waals surface area contributed by atoms with Crippen LogP contribution in [-0.4, -0.2) is 50.2 Å². The largest absolute Gasteiger partial charge is 0.494 e. The van der Waals surface area contributed by atoms with E-state index < -0.39 is 11.7 Å². The highest BCUT2D eigenvalue weighted by molar-refractivity contribution is 6.05. The number of methoxy groups -OCH3 is 1. The van der Waals surface area contributed by atoms with Gasteiger partial charge in [0.05, 0.1) is 13.3 Å². The molecule has 1 aromatic heterocycles. The van der Waals surface area contributed by atoms with Gasteiger partial charge >= 0.3 is 0 Å². The van der Waals surface area contributed by atoms with Crippen LogP contribution in [0.1, 0.15) is 29.6 Å². The first-order valence-corrected chi connectivity index (χ1v) is 8.94. The molecule has 1 aliphatic rings. The second-order valence-corrected chi connectivity index (χ2v) is 6.65. The van der Waals surface area contributed by atoms with Gasteiger partial charge in [0.2, 0.25) is 5.95 Å². The molecule has 0 unspecified atom stereocenters. The van der Waals surface area contributed by atoms with Crippen molar-refractivity contribution in [2.45, 2.75) is 19.3 Å². The van der Waals surface area contributed by atoms with Crippen molar-refractivity contribution in [1.29, 1.82) is 0 Å². The van der Waals surface area contributed by atoms with Crippen molar-refractivity contribution < 1.29 is 13.9 Å². The van der Waals surface area contributed by atoms with Crippen LogP contribution in [-0.2, 0) is 0 Å². The fraction of sp³-hybridized carbons (Fsp3) is 0.421. The molecule has 1 aromatic carbocycles. The molecule has 0 saturated carbocycles. The lowest BCUT2D eigenvalue weighted by Crippen LogP contribution is -2.31. The molecular weight excluding hydrogens is 349 g/mol. The Kier molecular flexibility index (Phi) is 5.73. The predicted molar refractivity (Wildman–Crippen MR) is 103 cm³/mol. The maximum atomic E-state index is 13.9. The van der Waals surface area contributed by atoms with Crippen LogP contribution in [0.15, 0.2) is 24.4 Å². The van der Waals surface area contributed by atoms with E-state index in [0.717, 1.165) is 32.0 Å². The Bertz CT molecular complexity index is 822. The molecule has 1 N–H and O–H groups in total. The molecule has 0 aliphatic carbocycles. The van der Waals surface area contributed by atoms with Gasteiger partial charge in [0.25, 0.3) is 5.91 Å². The van der Waals surface area contributed by atoms with Crippen molar-refractivity contribution in [3.8, 4) is 5.75 Å². The summed E-state index contributed by atoms with van der Waals surface area (Å²) in [5.74, 6) is 0.332. The van der Waals surface area contributed by atoms with Gasteiger partial charge in [-0.1, -0.05) is 0 Å². The Morgan fingerprint density at radius 1 is 1.26 bits per heavy atom. The van der Waals surface area contributed by atoms with Gasteiger partial charge < -0.3 is 19.9 Å². The number of amides is 1. The number of hydrogen-bond acceptors (Lipinski definition) is 6. The zero-order valence-corrected chi connectivity index (χ0v) is 15.8. The van der Waals surface area contributed by atoms with Crippen molar-refractivity contribution in [3.05, 3.63) is 35.8 Å². The standard InChI is InChI=1S/C19H24FN5O2/c1-24(2)17-15(12-21-19(23-17)25-9-5-4-6-10-25)22-18(26)13-7-8-16(27-3)14(20)11-13/h7-8,11-12H,4-6,9-10H2,1-3H3,(H,22,26). The Balaban J connectivity index is 1.83. The van der Waals surface area contributed by atoms with Crippen molar-refractivity contribution in [3.63, 3.8) is 0 Å². The summed E-state index contributed by atoms with van der Waals surface area (Å²) in [6.45, 7) is 1.87. The number of hydrogen-bond donors (Lipinski definition) is 1. The summed E-state index contributed by atoms with van der Waals surface area (Å²) in [7, 11) is 5.08. The highest BCUT2D eigenvalue weighted by Crippen LogP contribution is 2.26. The lowest BCUT2D eigenvalue weighted by molar-refractivity contribution is 0.102. The number of ether oxygens (including phenoxy) is 1. The summed E-state index contributed by atoms with van der Waals surface area (Å²) in [5, 5.41) is 2.77. The molecule has 1 saturated heterocycles. The maximum absolute atomic E-state index is 13.9. The lowest BCUT2D eigenvalue weighted by atomic mass is 10.1. The highest BCUT2D eigenvalue weighted by Gasteiger charge is 2.18. The third-order valence-corrected chi connectivity index (χ3v) is 4.48. The van der Waals surface area contributed by atoms with Crippen LogP contribution in [0.2, 0.25) is 0 Å². The number of rotatable bonds is 5. The number of piperidine rings is 1. The van der Waals surface area contributed by atoms with Crippen molar-refractivity contribution in [2.75, 3.05) is 49.4 Å². The molecule has 2 heterocycles. The summed E-state index contributed by atoms with van der Waals surface area (Å²) in [5.41, 5.74) is 0.667. The summed E-state index contributed by atoms with van der Waals surface area (Å²) >= 11 is 0. The molecule has 1 amide bonds. The van der Waals surface area contributed by atoms with Gasteiger partial charge in [0.1, 0.15) is 5.69 Å². The van der Waals surface area contributed by atoms with Gasteiger partial charge in [0, 0.05) is 32.7 Å². The number of anilines is 3. The first-order chi connectivity index (χ1) is 13.0. The van der Waals surface area contributed by atoms with Gasteiger partial charge in [-0.05, 0) is 37.5 Å².